The van der Waals surface area contributed by atoms with Crippen LogP contribution in [0.4, 0.5) is 10.2 Å². The fourth-order valence-corrected chi connectivity index (χ4v) is 4.26. The standard InChI is InChI=1S/C27H25FN4O2.ClH/c28-19-8-14-22(15-9-19)34-27-23(5-3-17-29-27)26(33)31-21-12-10-20(11-13-21)30-25-16-7-18-4-1-2-6-24(18)32-25;/h1-9,14-17,20-21H,10-13H2,(H,30,32)(H,31,33);1H/t20-,21+;. The molecule has 2 N–H and O–H groups in total. The molecule has 0 bridgehead atoms. The van der Waals surface area contributed by atoms with Crippen molar-refractivity contribution in [2.45, 2.75) is 37.8 Å². The number of halogens is 2. The summed E-state index contributed by atoms with van der Waals surface area (Å²) in [5.74, 6) is 0.919. The molecule has 2 heterocycles. The zero-order chi connectivity index (χ0) is 23.3. The minimum atomic E-state index is -0.354. The first-order chi connectivity index (χ1) is 16.6. The summed E-state index contributed by atoms with van der Waals surface area (Å²) >= 11 is 0. The van der Waals surface area contributed by atoms with Crippen molar-refractivity contribution in [1.29, 1.82) is 0 Å². The van der Waals surface area contributed by atoms with E-state index in [-0.39, 0.29) is 36.1 Å². The topological polar surface area (TPSA) is 76.1 Å². The molecule has 1 aliphatic rings. The van der Waals surface area contributed by atoms with E-state index in [4.69, 9.17) is 9.72 Å². The maximum absolute atomic E-state index is 13.2. The van der Waals surface area contributed by atoms with Crippen LogP contribution in [-0.4, -0.2) is 28.0 Å². The van der Waals surface area contributed by atoms with Crippen LogP contribution in [0.3, 0.4) is 0 Å². The van der Waals surface area contributed by atoms with Gasteiger partial charge in [0.1, 0.15) is 22.9 Å². The van der Waals surface area contributed by atoms with Gasteiger partial charge in [0.15, 0.2) is 0 Å². The molecule has 1 amide bonds. The third-order valence-corrected chi connectivity index (χ3v) is 6.06. The van der Waals surface area contributed by atoms with Gasteiger partial charge in [-0.25, -0.2) is 14.4 Å². The van der Waals surface area contributed by atoms with E-state index in [1.165, 1.54) is 24.3 Å². The fourth-order valence-electron chi connectivity index (χ4n) is 4.26. The second-order valence-electron chi connectivity index (χ2n) is 8.47. The number of pyridine rings is 2. The zero-order valence-electron chi connectivity index (χ0n) is 19.0. The second kappa shape index (κ2) is 11.1. The van der Waals surface area contributed by atoms with Gasteiger partial charge in [0.25, 0.3) is 5.91 Å². The number of carbonyl (C=O) groups excluding carboxylic acids is 1. The second-order valence-corrected chi connectivity index (χ2v) is 8.47. The summed E-state index contributed by atoms with van der Waals surface area (Å²) in [6.45, 7) is 0. The Bertz CT molecular complexity index is 1290. The number of nitrogens with zero attached hydrogens (tertiary/aromatic N) is 2. The lowest BCUT2D eigenvalue weighted by Crippen LogP contribution is -2.40. The number of hydrogen-bond acceptors (Lipinski definition) is 5. The normalized spacial score (nSPS) is 17.3. The van der Waals surface area contributed by atoms with Gasteiger partial charge in [0, 0.05) is 23.7 Å². The Morgan fingerprint density at radius 2 is 1.63 bits per heavy atom. The molecule has 1 fully saturated rings. The van der Waals surface area contributed by atoms with Crippen LogP contribution in [0, 0.1) is 5.82 Å². The maximum Gasteiger partial charge on any atom is 0.257 e. The van der Waals surface area contributed by atoms with E-state index in [1.807, 2.05) is 24.3 Å². The molecular formula is C27H26ClFN4O2. The molecule has 1 saturated carbocycles. The molecule has 4 aromatic rings. The van der Waals surface area contributed by atoms with Crippen molar-refractivity contribution in [3.8, 4) is 11.6 Å². The Balaban J connectivity index is 0.00000289. The van der Waals surface area contributed by atoms with Gasteiger partial charge >= 0.3 is 0 Å². The summed E-state index contributed by atoms with van der Waals surface area (Å²) in [6, 6.07) is 21.6. The van der Waals surface area contributed by atoms with Crippen molar-refractivity contribution in [3.63, 3.8) is 0 Å². The van der Waals surface area contributed by atoms with Crippen LogP contribution in [0.15, 0.2) is 79.0 Å². The van der Waals surface area contributed by atoms with E-state index in [0.717, 1.165) is 42.4 Å². The summed E-state index contributed by atoms with van der Waals surface area (Å²) in [6.07, 6.45) is 5.17. The highest BCUT2D eigenvalue weighted by atomic mass is 35.5. The third-order valence-electron chi connectivity index (χ3n) is 6.06. The van der Waals surface area contributed by atoms with Gasteiger partial charge in [-0.05, 0) is 80.3 Å². The molecule has 1 aliphatic carbocycles. The van der Waals surface area contributed by atoms with E-state index >= 15 is 0 Å². The van der Waals surface area contributed by atoms with Gasteiger partial charge in [-0.2, -0.15) is 0 Å². The highest BCUT2D eigenvalue weighted by Crippen LogP contribution is 2.26. The quantitative estimate of drug-likeness (QED) is 0.338. The van der Waals surface area contributed by atoms with Gasteiger partial charge in [0.05, 0.1) is 5.52 Å². The van der Waals surface area contributed by atoms with Crippen molar-refractivity contribution in [2.75, 3.05) is 5.32 Å². The molecule has 5 rings (SSSR count). The van der Waals surface area contributed by atoms with Gasteiger partial charge in [-0.15, -0.1) is 12.4 Å². The molecule has 0 aliphatic heterocycles. The van der Waals surface area contributed by atoms with Gasteiger partial charge in [-0.1, -0.05) is 18.2 Å². The molecule has 0 saturated heterocycles. The number of amides is 1. The predicted octanol–water partition coefficient (Wildman–Crippen LogP) is 6.14. The molecule has 0 atom stereocenters. The Hall–Kier alpha value is -3.71. The SMILES string of the molecule is Cl.O=C(N[C@H]1CC[C@@H](Nc2ccc3ccccc3n2)CC1)c1cccnc1Oc1ccc(F)cc1. The van der Waals surface area contributed by atoms with Crippen LogP contribution in [0.2, 0.25) is 0 Å². The van der Waals surface area contributed by atoms with Gasteiger partial charge < -0.3 is 15.4 Å². The number of para-hydroxylation sites is 1. The van der Waals surface area contributed by atoms with E-state index < -0.39 is 0 Å². The van der Waals surface area contributed by atoms with Crippen molar-refractivity contribution in [2.24, 2.45) is 0 Å². The van der Waals surface area contributed by atoms with Crippen LogP contribution < -0.4 is 15.4 Å². The molecule has 2 aromatic heterocycles. The number of anilines is 1. The number of benzene rings is 2. The number of fused-ring (bicyclic) bond motifs is 1. The fraction of sp³-hybridized carbons (Fsp3) is 0.222. The summed E-state index contributed by atoms with van der Waals surface area (Å²) in [5, 5.41) is 7.78. The number of hydrogen-bond donors (Lipinski definition) is 2. The molecule has 0 unspecified atom stereocenters. The molecule has 6 nitrogen and oxygen atoms in total. The third kappa shape index (κ3) is 6.05. The number of rotatable bonds is 6. The minimum absolute atomic E-state index is 0. The van der Waals surface area contributed by atoms with Crippen LogP contribution in [0.5, 0.6) is 11.6 Å². The molecular weight excluding hydrogens is 467 g/mol. The molecule has 35 heavy (non-hydrogen) atoms. The predicted molar refractivity (Wildman–Crippen MR) is 137 cm³/mol. The van der Waals surface area contributed by atoms with Crippen LogP contribution in [-0.2, 0) is 0 Å². The summed E-state index contributed by atoms with van der Waals surface area (Å²) in [4.78, 5) is 21.9. The Morgan fingerprint density at radius 3 is 2.43 bits per heavy atom. The Labute approximate surface area is 209 Å². The lowest BCUT2D eigenvalue weighted by Gasteiger charge is -2.30. The van der Waals surface area contributed by atoms with Crippen LogP contribution >= 0.6 is 12.4 Å². The maximum atomic E-state index is 13.2. The number of carbonyl (C=O) groups is 1. The van der Waals surface area contributed by atoms with E-state index in [2.05, 4.69) is 27.8 Å². The number of nitrogens with one attached hydrogen (secondary N) is 2. The first-order valence-electron chi connectivity index (χ1n) is 11.5. The smallest absolute Gasteiger partial charge is 0.257 e. The number of ether oxygens (including phenoxy) is 1. The largest absolute Gasteiger partial charge is 0.438 e. The highest BCUT2D eigenvalue weighted by Gasteiger charge is 2.24. The lowest BCUT2D eigenvalue weighted by molar-refractivity contribution is 0.0923. The van der Waals surface area contributed by atoms with Crippen molar-refractivity contribution < 1.29 is 13.9 Å². The number of aromatic nitrogens is 2. The van der Waals surface area contributed by atoms with Crippen molar-refractivity contribution >= 4 is 35.0 Å². The highest BCUT2D eigenvalue weighted by molar-refractivity contribution is 5.96. The first kappa shape index (κ1) is 24.4. The zero-order valence-corrected chi connectivity index (χ0v) is 19.8. The lowest BCUT2D eigenvalue weighted by atomic mass is 9.91. The minimum Gasteiger partial charge on any atom is -0.438 e. The monoisotopic (exact) mass is 492 g/mol. The summed E-state index contributed by atoms with van der Waals surface area (Å²) < 4.78 is 18.9. The molecule has 0 spiro atoms. The molecule has 8 heteroatoms. The average Bonchev–Trinajstić information content (AvgIpc) is 2.87. The van der Waals surface area contributed by atoms with E-state index in [9.17, 15) is 9.18 Å². The summed E-state index contributed by atoms with van der Waals surface area (Å²) in [5.41, 5.74) is 1.33. The molecule has 180 valence electrons. The van der Waals surface area contributed by atoms with Crippen LogP contribution in [0.1, 0.15) is 36.0 Å². The van der Waals surface area contributed by atoms with Gasteiger partial charge in [-0.3, -0.25) is 4.79 Å². The van der Waals surface area contributed by atoms with Gasteiger partial charge in [0.2, 0.25) is 5.88 Å². The molecule has 0 radical (unpaired) electrons. The van der Waals surface area contributed by atoms with Crippen molar-refractivity contribution in [3.05, 3.63) is 90.4 Å². The Morgan fingerprint density at radius 1 is 0.886 bits per heavy atom. The molecule has 2 aromatic carbocycles. The average molecular weight is 493 g/mol. The Kier molecular flexibility index (Phi) is 7.77. The van der Waals surface area contributed by atoms with E-state index in [1.54, 1.807) is 18.3 Å². The van der Waals surface area contributed by atoms with E-state index in [0.29, 0.717) is 17.4 Å². The van der Waals surface area contributed by atoms with Crippen molar-refractivity contribution in [1.82, 2.24) is 15.3 Å². The summed E-state index contributed by atoms with van der Waals surface area (Å²) in [7, 11) is 0. The first-order valence-corrected chi connectivity index (χ1v) is 11.5. The van der Waals surface area contributed by atoms with Crippen LogP contribution in [0.25, 0.3) is 10.9 Å².